The third kappa shape index (κ3) is 7.09. The fourth-order valence-electron chi connectivity index (χ4n) is 3.29. The molecule has 3 nitrogen and oxygen atoms in total. The third-order valence-electron chi connectivity index (χ3n) is 5.61. The molecule has 0 aromatic rings. The first-order valence-corrected chi connectivity index (χ1v) is 7.61. The Labute approximate surface area is 146 Å². The minimum atomic E-state index is -0.0799. The van der Waals surface area contributed by atoms with Crippen LogP contribution in [0.5, 0.6) is 0 Å². The molecule has 4 N–H and O–H groups in total. The fourth-order valence-corrected chi connectivity index (χ4v) is 3.29. The van der Waals surface area contributed by atoms with E-state index in [-0.39, 0.29) is 45.1 Å². The summed E-state index contributed by atoms with van der Waals surface area (Å²) < 4.78 is 0. The molecule has 0 saturated heterocycles. The summed E-state index contributed by atoms with van der Waals surface area (Å²) in [7, 11) is 0. The Morgan fingerprint density at radius 2 is 1.10 bits per heavy atom. The van der Waals surface area contributed by atoms with E-state index in [4.69, 9.17) is 11.5 Å². The Kier molecular flexibility index (Phi) is 15.1. The van der Waals surface area contributed by atoms with Crippen molar-refractivity contribution in [2.75, 3.05) is 0 Å². The van der Waals surface area contributed by atoms with E-state index in [1.54, 1.807) is 5.92 Å². The predicted octanol–water partition coefficient (Wildman–Crippen LogP) is 5.35. The molecule has 0 amide bonds. The molecule has 6 atom stereocenters. The van der Waals surface area contributed by atoms with Gasteiger partial charge in [-0.2, -0.15) is 30.8 Å². The van der Waals surface area contributed by atoms with Crippen molar-refractivity contribution < 1.29 is 25.6 Å². The molecule has 0 radical (unpaired) electrons. The van der Waals surface area contributed by atoms with Crippen LogP contribution >= 0.6 is 0 Å². The van der Waals surface area contributed by atoms with Gasteiger partial charge in [0.05, 0.1) is 0 Å². The average molecular weight is 478 g/mol. The van der Waals surface area contributed by atoms with Crippen LogP contribution in [0, 0.1) is 29.6 Å². The monoisotopic (exact) mass is 478 g/mol. The summed E-state index contributed by atoms with van der Waals surface area (Å²) in [6.07, 6.45) is 4.25. The van der Waals surface area contributed by atoms with Gasteiger partial charge in [0, 0.05) is 0 Å². The molecule has 4 heteroatoms. The molecule has 0 heterocycles. The van der Waals surface area contributed by atoms with Gasteiger partial charge in [0.15, 0.2) is 0 Å². The largest absolute Gasteiger partial charge is 3.00 e. The van der Waals surface area contributed by atoms with Crippen LogP contribution < -0.4 is 0 Å². The molecule has 2 fully saturated rings. The van der Waals surface area contributed by atoms with E-state index in [0.717, 1.165) is 36.5 Å². The van der Waals surface area contributed by atoms with Crippen molar-refractivity contribution in [1.29, 1.82) is 0 Å². The zero-order chi connectivity index (χ0) is 13.9. The smallest absolute Gasteiger partial charge is 0.676 e. The zero-order valence-corrected chi connectivity index (χ0v) is 16.0. The second kappa shape index (κ2) is 12.0. The van der Waals surface area contributed by atoms with Crippen molar-refractivity contribution in [2.45, 2.75) is 79.8 Å². The topological polar surface area (TPSA) is 79.1 Å². The molecule has 0 spiro atoms. The minimum absolute atomic E-state index is 0. The molecule has 2 aliphatic rings. The quantitative estimate of drug-likeness (QED) is 0.422. The van der Waals surface area contributed by atoms with Crippen molar-refractivity contribution in [3.63, 3.8) is 0 Å². The average Bonchev–Trinajstić information content (AvgIpc) is 2.52. The van der Waals surface area contributed by atoms with E-state index in [2.05, 4.69) is 34.6 Å². The van der Waals surface area contributed by atoms with Gasteiger partial charge in [0.25, 0.3) is 0 Å². The fraction of sp³-hybridized carbons (Fsp3) is 0.941. The van der Waals surface area contributed by atoms with Gasteiger partial charge in [-0.3, -0.25) is 0 Å². The molecule has 0 aromatic heterocycles. The van der Waals surface area contributed by atoms with E-state index in [9.17, 15) is 0 Å². The summed E-state index contributed by atoms with van der Waals surface area (Å²) in [6.45, 7) is 11.8. The van der Waals surface area contributed by atoms with Crippen molar-refractivity contribution in [3.8, 4) is 0 Å². The number of nitrogens with one attached hydrogen (secondary N) is 2. The summed E-state index contributed by atoms with van der Waals surface area (Å²) in [4.78, 5) is 0. The summed E-state index contributed by atoms with van der Waals surface area (Å²) in [5.74, 6) is 5.21. The number of hydrogen-bond acceptors (Lipinski definition) is 0. The van der Waals surface area contributed by atoms with Crippen LogP contribution in [0.15, 0.2) is 0 Å². The summed E-state index contributed by atoms with van der Waals surface area (Å²) in [6, 6.07) is -0.160. The Balaban J connectivity index is -0.000000274. The second-order valence-corrected chi connectivity index (χ2v) is 6.54. The summed E-state index contributed by atoms with van der Waals surface area (Å²) >= 11 is 0. The van der Waals surface area contributed by atoms with E-state index in [1.165, 1.54) is 12.8 Å². The van der Waals surface area contributed by atoms with Crippen LogP contribution in [0.1, 0.15) is 67.7 Å². The molecule has 0 bridgehead atoms. The summed E-state index contributed by atoms with van der Waals surface area (Å²) in [5.41, 5.74) is 14.6. The van der Waals surface area contributed by atoms with Gasteiger partial charge in [0.2, 0.25) is 0 Å². The van der Waals surface area contributed by atoms with Crippen molar-refractivity contribution in [1.82, 2.24) is 0 Å². The standard InChI is InChI=1S/C10H19.C6H12N2.CH4.Ir.H2O/c1-6-7(2)9(4)10(5)8(6)3;7-5-3-1-2-4-6(5)8;;;/h6-9H,1-5H3;5-8H,1-4H2;1H4;;1H2/q-1;-2;;+3;/t;5-,6-;;;/m.0.../s1. The molecule has 21 heavy (non-hydrogen) atoms. The van der Waals surface area contributed by atoms with Gasteiger partial charge < -0.3 is 22.9 Å². The first-order chi connectivity index (χ1) is 8.36. The second-order valence-electron chi connectivity index (χ2n) is 6.54. The third-order valence-corrected chi connectivity index (χ3v) is 5.61. The Hall–Kier alpha value is 0.529. The van der Waals surface area contributed by atoms with E-state index in [1.807, 2.05) is 0 Å². The van der Waals surface area contributed by atoms with E-state index in [0.29, 0.717) is 0 Å². The Bertz CT molecular complexity index is 198. The van der Waals surface area contributed by atoms with Crippen LogP contribution in [0.2, 0.25) is 0 Å². The first kappa shape index (κ1) is 26.4. The predicted molar refractivity (Wildman–Crippen MR) is 90.6 cm³/mol. The van der Waals surface area contributed by atoms with Crippen LogP contribution in [0.25, 0.3) is 11.5 Å². The van der Waals surface area contributed by atoms with Gasteiger partial charge in [-0.05, 0) is 0 Å². The van der Waals surface area contributed by atoms with Gasteiger partial charge in [-0.1, -0.05) is 72.6 Å². The van der Waals surface area contributed by atoms with Gasteiger partial charge in [0.1, 0.15) is 0 Å². The van der Waals surface area contributed by atoms with Crippen LogP contribution in [0.4, 0.5) is 0 Å². The molecule has 2 saturated carbocycles. The van der Waals surface area contributed by atoms with Crippen LogP contribution in [0.3, 0.4) is 0 Å². The van der Waals surface area contributed by atoms with E-state index >= 15 is 0 Å². The first-order valence-electron chi connectivity index (χ1n) is 7.61. The Morgan fingerprint density at radius 1 is 0.810 bits per heavy atom. The maximum absolute atomic E-state index is 7.29. The van der Waals surface area contributed by atoms with Gasteiger partial charge >= 0.3 is 20.1 Å². The molecule has 130 valence electrons. The van der Waals surface area contributed by atoms with Gasteiger partial charge in [-0.15, -0.1) is 0 Å². The maximum atomic E-state index is 7.29. The summed E-state index contributed by atoms with van der Waals surface area (Å²) in [5, 5.41) is 0. The number of hydrogen-bond donors (Lipinski definition) is 0. The minimum Gasteiger partial charge on any atom is -0.676 e. The van der Waals surface area contributed by atoms with Crippen LogP contribution in [-0.4, -0.2) is 17.6 Å². The van der Waals surface area contributed by atoms with Crippen molar-refractivity contribution in [2.24, 2.45) is 23.7 Å². The number of rotatable bonds is 0. The zero-order valence-electron chi connectivity index (χ0n) is 13.6. The van der Waals surface area contributed by atoms with E-state index < -0.39 is 0 Å². The SMILES string of the molecule is C.C[C-]1C(C)C(C)C(C)C1C.O.[Ir+3].[NH-][C@H]1CCCC[C@@H]1[NH-]. The molecular formula is C17H37IrN2O. The molecular weight excluding hydrogens is 440 g/mol. The van der Waals surface area contributed by atoms with Crippen molar-refractivity contribution in [3.05, 3.63) is 17.4 Å². The molecule has 2 rings (SSSR count). The maximum Gasteiger partial charge on any atom is 3.00 e. The Morgan fingerprint density at radius 3 is 1.24 bits per heavy atom. The molecule has 0 aromatic carbocycles. The van der Waals surface area contributed by atoms with Crippen molar-refractivity contribution >= 4 is 0 Å². The van der Waals surface area contributed by atoms with Crippen LogP contribution in [-0.2, 0) is 20.1 Å². The molecule has 2 aliphatic carbocycles. The normalized spacial score (nSPS) is 39.0. The molecule has 0 aliphatic heterocycles. The van der Waals surface area contributed by atoms with Gasteiger partial charge in [-0.25, -0.2) is 0 Å². The molecule has 4 unspecified atom stereocenters.